The van der Waals surface area contributed by atoms with Gasteiger partial charge < -0.3 is 19.8 Å². The van der Waals surface area contributed by atoms with Crippen LogP contribution in [-0.4, -0.2) is 42.1 Å². The van der Waals surface area contributed by atoms with Crippen LogP contribution < -0.4 is 0 Å². The van der Waals surface area contributed by atoms with Gasteiger partial charge in [0.15, 0.2) is 11.4 Å². The number of amides is 1. The summed E-state index contributed by atoms with van der Waals surface area (Å²) in [5.74, 6) is -1.61. The van der Waals surface area contributed by atoms with Crippen molar-refractivity contribution in [3.63, 3.8) is 0 Å². The number of aromatic nitrogens is 2. The number of aromatic hydroxyl groups is 2. The Labute approximate surface area is 260 Å². The number of ether oxygens (including phenoxy) is 1. The molecule has 1 amide bonds. The van der Waals surface area contributed by atoms with Gasteiger partial charge in [0.25, 0.3) is 5.91 Å². The molecule has 3 heterocycles. The summed E-state index contributed by atoms with van der Waals surface area (Å²) in [7, 11) is 0. The van der Waals surface area contributed by atoms with Gasteiger partial charge in [-0.05, 0) is 62.6 Å². The molecule has 0 bridgehead atoms. The number of hydrogen-bond acceptors (Lipinski definition) is 7. The lowest BCUT2D eigenvalue weighted by Gasteiger charge is -2.42. The van der Waals surface area contributed by atoms with Crippen molar-refractivity contribution in [1.29, 1.82) is 0 Å². The van der Waals surface area contributed by atoms with Crippen molar-refractivity contribution in [2.75, 3.05) is 0 Å². The summed E-state index contributed by atoms with van der Waals surface area (Å²) in [6.07, 6.45) is 2.43. The highest BCUT2D eigenvalue weighted by molar-refractivity contribution is 9.10. The molecular formula is C32H42BrN3O5S. The van der Waals surface area contributed by atoms with E-state index in [1.54, 1.807) is 44.5 Å². The Balaban J connectivity index is 2.09. The number of fused-ring (bicyclic) bond motifs is 1. The zero-order chi connectivity index (χ0) is 31.4. The Bertz CT molecular complexity index is 1480. The number of benzene rings is 1. The van der Waals surface area contributed by atoms with Crippen LogP contribution in [0.2, 0.25) is 0 Å². The summed E-state index contributed by atoms with van der Waals surface area (Å²) in [4.78, 5) is 35.5. The number of thiazole rings is 1. The first-order valence-corrected chi connectivity index (χ1v) is 16.0. The van der Waals surface area contributed by atoms with Gasteiger partial charge in [0.2, 0.25) is 5.88 Å². The van der Waals surface area contributed by atoms with Crippen molar-refractivity contribution in [2.24, 2.45) is 5.92 Å². The maximum absolute atomic E-state index is 14.8. The van der Waals surface area contributed by atoms with E-state index in [2.05, 4.69) is 41.7 Å². The molecule has 1 aromatic carbocycles. The fourth-order valence-corrected chi connectivity index (χ4v) is 7.62. The SMILES string of the molecule is CCCn1c(O)c2c(c1O)[C@@](CC(C)C)(C(=O)OC(C)(C)C)N(C(=O)c1ccc(C(C)(C)C)c(Br)c1)[C@H]2c1nccs1. The lowest BCUT2D eigenvalue weighted by atomic mass is 9.82. The van der Waals surface area contributed by atoms with Crippen LogP contribution >= 0.6 is 27.3 Å². The third-order valence-electron chi connectivity index (χ3n) is 7.42. The first-order chi connectivity index (χ1) is 19.5. The fourth-order valence-electron chi connectivity index (χ4n) is 5.91. The lowest BCUT2D eigenvalue weighted by molar-refractivity contribution is -0.170. The zero-order valence-electron chi connectivity index (χ0n) is 25.9. The average Bonchev–Trinajstić information content (AvgIpc) is 3.54. The van der Waals surface area contributed by atoms with Crippen molar-refractivity contribution < 1.29 is 24.5 Å². The molecule has 0 fully saturated rings. The first kappa shape index (κ1) is 32.1. The molecule has 1 aliphatic heterocycles. The summed E-state index contributed by atoms with van der Waals surface area (Å²) < 4.78 is 8.25. The van der Waals surface area contributed by atoms with Crippen molar-refractivity contribution in [1.82, 2.24) is 14.5 Å². The van der Waals surface area contributed by atoms with E-state index in [0.29, 0.717) is 29.1 Å². The van der Waals surface area contributed by atoms with Crippen molar-refractivity contribution >= 4 is 39.1 Å². The lowest BCUT2D eigenvalue weighted by Crippen LogP contribution is -2.54. The number of carbonyl (C=O) groups excluding carboxylic acids is 2. The number of nitrogens with zero attached hydrogens (tertiary/aromatic N) is 3. The zero-order valence-corrected chi connectivity index (χ0v) is 28.3. The molecule has 3 aromatic rings. The van der Waals surface area contributed by atoms with Gasteiger partial charge in [-0.2, -0.15) is 0 Å². The number of carbonyl (C=O) groups is 2. The third kappa shape index (κ3) is 5.48. The first-order valence-electron chi connectivity index (χ1n) is 14.4. The molecule has 0 spiro atoms. The highest BCUT2D eigenvalue weighted by Gasteiger charge is 2.64. The van der Waals surface area contributed by atoms with Crippen LogP contribution in [0.15, 0.2) is 34.2 Å². The van der Waals surface area contributed by atoms with Crippen LogP contribution in [0.4, 0.5) is 0 Å². The normalized spacial score (nSPS) is 18.9. The van der Waals surface area contributed by atoms with E-state index in [1.807, 2.05) is 26.8 Å². The molecule has 2 aromatic heterocycles. The summed E-state index contributed by atoms with van der Waals surface area (Å²) in [5.41, 5.74) is -0.876. The largest absolute Gasteiger partial charge is 0.494 e. The Morgan fingerprint density at radius 2 is 1.81 bits per heavy atom. The molecule has 0 aliphatic carbocycles. The van der Waals surface area contributed by atoms with Crippen LogP contribution in [0, 0.1) is 5.92 Å². The van der Waals surface area contributed by atoms with E-state index in [4.69, 9.17) is 4.74 Å². The molecular weight excluding hydrogens is 618 g/mol. The number of halogens is 1. The molecule has 0 radical (unpaired) electrons. The van der Waals surface area contributed by atoms with E-state index in [-0.39, 0.29) is 35.1 Å². The third-order valence-corrected chi connectivity index (χ3v) is 8.90. The second-order valence-corrected chi connectivity index (χ2v) is 15.2. The molecule has 4 rings (SSSR count). The highest BCUT2D eigenvalue weighted by Crippen LogP contribution is 2.60. The topological polar surface area (TPSA) is 105 Å². The van der Waals surface area contributed by atoms with E-state index in [1.165, 1.54) is 20.8 Å². The molecule has 228 valence electrons. The van der Waals surface area contributed by atoms with Gasteiger partial charge in [-0.3, -0.25) is 9.36 Å². The second-order valence-electron chi connectivity index (χ2n) is 13.4. The minimum atomic E-state index is -1.74. The summed E-state index contributed by atoms with van der Waals surface area (Å²) >= 11 is 4.99. The van der Waals surface area contributed by atoms with Crippen LogP contribution in [0.25, 0.3) is 0 Å². The van der Waals surface area contributed by atoms with Gasteiger partial charge in [-0.25, -0.2) is 9.78 Å². The van der Waals surface area contributed by atoms with Crippen molar-refractivity contribution in [3.8, 4) is 11.8 Å². The van der Waals surface area contributed by atoms with Gasteiger partial charge in [0.1, 0.15) is 16.7 Å². The van der Waals surface area contributed by atoms with Gasteiger partial charge >= 0.3 is 5.97 Å². The van der Waals surface area contributed by atoms with Gasteiger partial charge in [-0.15, -0.1) is 11.3 Å². The minimum absolute atomic E-state index is 0.0956. The Kier molecular flexibility index (Phi) is 8.66. The molecule has 0 saturated carbocycles. The Morgan fingerprint density at radius 3 is 2.31 bits per heavy atom. The summed E-state index contributed by atoms with van der Waals surface area (Å²) in [5, 5.41) is 25.7. The molecule has 10 heteroatoms. The van der Waals surface area contributed by atoms with E-state index in [9.17, 15) is 19.8 Å². The smallest absolute Gasteiger partial charge is 0.337 e. The van der Waals surface area contributed by atoms with E-state index < -0.39 is 29.1 Å². The maximum Gasteiger partial charge on any atom is 0.337 e. The van der Waals surface area contributed by atoms with Gasteiger partial charge in [0, 0.05) is 28.2 Å². The molecule has 1 aliphatic rings. The number of hydrogen-bond donors (Lipinski definition) is 2. The summed E-state index contributed by atoms with van der Waals surface area (Å²) in [6, 6.07) is 4.53. The van der Waals surface area contributed by atoms with E-state index >= 15 is 0 Å². The molecule has 2 N–H and O–H groups in total. The van der Waals surface area contributed by atoms with Crippen LogP contribution in [0.1, 0.15) is 113 Å². The van der Waals surface area contributed by atoms with Crippen LogP contribution in [0.3, 0.4) is 0 Å². The van der Waals surface area contributed by atoms with Crippen LogP contribution in [0.5, 0.6) is 11.8 Å². The highest BCUT2D eigenvalue weighted by atomic mass is 79.9. The summed E-state index contributed by atoms with van der Waals surface area (Å²) in [6.45, 7) is 17.8. The monoisotopic (exact) mass is 659 g/mol. The molecule has 0 saturated heterocycles. The standard InChI is InChI=1S/C32H42BrN3O5S/c1-10-14-35-27(38)22-23(28(35)39)32(17-18(2)3,29(40)41-31(7,8)9)36(24(22)25-34-13-15-42-25)26(37)19-11-12-20(21(33)16-19)30(4,5)6/h11-13,15-16,18,24,38-39H,10,14,17H2,1-9H3/t24-,32+/m1/s1. The van der Waals surface area contributed by atoms with Gasteiger partial charge in [-0.1, -0.05) is 63.5 Å². The quantitative estimate of drug-likeness (QED) is 0.252. The predicted octanol–water partition coefficient (Wildman–Crippen LogP) is 7.65. The molecule has 0 unspecified atom stereocenters. The van der Waals surface area contributed by atoms with Crippen molar-refractivity contribution in [2.45, 2.75) is 104 Å². The average molecular weight is 661 g/mol. The van der Waals surface area contributed by atoms with Crippen molar-refractivity contribution in [3.05, 3.63) is 61.5 Å². The maximum atomic E-state index is 14.8. The molecule has 8 nitrogen and oxygen atoms in total. The van der Waals surface area contributed by atoms with Gasteiger partial charge in [0.05, 0.1) is 11.1 Å². The fraction of sp³-hybridized carbons (Fsp3) is 0.531. The van der Waals surface area contributed by atoms with Crippen LogP contribution in [-0.2, 0) is 27.0 Å². The number of rotatable bonds is 7. The molecule has 2 atom stereocenters. The Morgan fingerprint density at radius 1 is 1.14 bits per heavy atom. The minimum Gasteiger partial charge on any atom is -0.494 e. The predicted molar refractivity (Wildman–Crippen MR) is 168 cm³/mol. The van der Waals surface area contributed by atoms with E-state index in [0.717, 1.165) is 10.0 Å². The molecule has 42 heavy (non-hydrogen) atoms. The second kappa shape index (κ2) is 11.3. The number of esters is 1. The Hall–Kier alpha value is -2.85.